The fraction of sp³-hybridized carbons (Fsp3) is 0.333. The topological polar surface area (TPSA) is 132 Å². The summed E-state index contributed by atoms with van der Waals surface area (Å²) in [7, 11) is 4.18. The van der Waals surface area contributed by atoms with Crippen molar-refractivity contribution in [2.24, 2.45) is 0 Å². The van der Waals surface area contributed by atoms with Crippen LogP contribution >= 0.6 is 0 Å². The van der Waals surface area contributed by atoms with Gasteiger partial charge in [-0.3, -0.25) is 14.6 Å². The van der Waals surface area contributed by atoms with Gasteiger partial charge < -0.3 is 23.6 Å². The Bertz CT molecular complexity index is 2480. The number of carboxylic acids is 1. The van der Waals surface area contributed by atoms with Crippen molar-refractivity contribution in [3.63, 3.8) is 0 Å². The molecule has 0 aliphatic carbocycles. The molecule has 0 amide bonds. The Labute approximate surface area is 316 Å². The summed E-state index contributed by atoms with van der Waals surface area (Å²) in [6.45, 7) is 4.25. The van der Waals surface area contributed by atoms with Gasteiger partial charge in [0.25, 0.3) is 0 Å². The molecule has 4 aromatic carbocycles. The highest BCUT2D eigenvalue weighted by molar-refractivity contribution is 5.86. The van der Waals surface area contributed by atoms with Gasteiger partial charge in [0.2, 0.25) is 11.8 Å². The summed E-state index contributed by atoms with van der Waals surface area (Å²) in [5, 5.41) is 19.7. The Hall–Kier alpha value is -5.68. The van der Waals surface area contributed by atoms with E-state index in [-0.39, 0.29) is 17.9 Å². The number of nitriles is 1. The molecule has 2 aliphatic heterocycles. The number of carbonyl (C=O) groups is 1. The largest absolute Gasteiger partial charge is 0.480 e. The minimum Gasteiger partial charge on any atom is -0.480 e. The lowest BCUT2D eigenvalue weighted by Crippen LogP contribution is -2.56. The molecule has 282 valence electrons. The standard InChI is InChI=1S/C42H40F2N6O5/c1-23-29(8-5-10-31(23)39-46-33-16-27(20-50-13-7-12-35(50)41(51)52)36(54-42(43)44)17-37(33)53-39)30-9-6-11-32(24(30)2)40-47-34-15-25(14-26(18-45)38(34)55-40)19-49-21-28(22-49)48(3)4/h5-6,8-11,14-17,28,35,42H,7,12-13,19-22H2,1-4H3,(H,51,52)/t35-/m0/s1. The van der Waals surface area contributed by atoms with E-state index in [2.05, 4.69) is 30.0 Å². The van der Waals surface area contributed by atoms with E-state index in [4.69, 9.17) is 23.5 Å². The third kappa shape index (κ3) is 6.93. The number of fused-ring (bicyclic) bond motifs is 2. The number of likely N-dealkylation sites (tertiary alicyclic amines) is 2. The van der Waals surface area contributed by atoms with E-state index in [0.717, 1.165) is 53.0 Å². The van der Waals surface area contributed by atoms with Gasteiger partial charge in [0.1, 0.15) is 28.9 Å². The Balaban J connectivity index is 1.11. The highest BCUT2D eigenvalue weighted by atomic mass is 19.3. The molecular formula is C42H40F2N6O5. The molecule has 2 aromatic heterocycles. The number of aliphatic carboxylic acids is 1. The molecule has 0 saturated carbocycles. The maximum Gasteiger partial charge on any atom is 0.387 e. The molecule has 0 unspecified atom stereocenters. The van der Waals surface area contributed by atoms with Gasteiger partial charge in [-0.2, -0.15) is 14.0 Å². The monoisotopic (exact) mass is 746 g/mol. The number of alkyl halides is 2. The molecule has 13 heteroatoms. The normalized spacial score (nSPS) is 16.7. The molecule has 2 fully saturated rings. The summed E-state index contributed by atoms with van der Waals surface area (Å²) in [6, 6.07) is 20.8. The summed E-state index contributed by atoms with van der Waals surface area (Å²) >= 11 is 0. The number of likely N-dealkylation sites (N-methyl/N-ethyl adjacent to an activating group) is 1. The minimum atomic E-state index is -3.07. The van der Waals surface area contributed by atoms with Gasteiger partial charge in [0, 0.05) is 55.0 Å². The van der Waals surface area contributed by atoms with Gasteiger partial charge in [0.05, 0.1) is 5.56 Å². The maximum atomic E-state index is 13.5. The Morgan fingerprint density at radius 1 is 0.964 bits per heavy atom. The van der Waals surface area contributed by atoms with Crippen LogP contribution in [0.2, 0.25) is 0 Å². The van der Waals surface area contributed by atoms with Gasteiger partial charge in [-0.25, -0.2) is 9.97 Å². The van der Waals surface area contributed by atoms with Gasteiger partial charge in [-0.15, -0.1) is 0 Å². The molecule has 55 heavy (non-hydrogen) atoms. The maximum absolute atomic E-state index is 13.5. The number of aromatic nitrogens is 2. The number of benzene rings is 4. The number of rotatable bonds is 11. The number of hydrogen-bond donors (Lipinski definition) is 1. The average Bonchev–Trinajstić information content (AvgIpc) is 3.88. The summed E-state index contributed by atoms with van der Waals surface area (Å²) in [6.07, 6.45) is 1.19. The predicted molar refractivity (Wildman–Crippen MR) is 203 cm³/mol. The molecule has 0 spiro atoms. The summed E-state index contributed by atoms with van der Waals surface area (Å²) in [5.74, 6) is -0.288. The molecule has 0 radical (unpaired) electrons. The Morgan fingerprint density at radius 3 is 2.25 bits per heavy atom. The first-order valence-corrected chi connectivity index (χ1v) is 18.2. The van der Waals surface area contributed by atoms with Crippen LogP contribution in [0, 0.1) is 25.2 Å². The predicted octanol–water partition coefficient (Wildman–Crippen LogP) is 7.85. The lowest BCUT2D eigenvalue weighted by Gasteiger charge is -2.42. The molecule has 0 bridgehead atoms. The van der Waals surface area contributed by atoms with Gasteiger partial charge >= 0.3 is 12.6 Å². The first-order chi connectivity index (χ1) is 26.5. The van der Waals surface area contributed by atoms with E-state index in [1.807, 2.05) is 62.4 Å². The first kappa shape index (κ1) is 36.3. The zero-order valence-electron chi connectivity index (χ0n) is 31.0. The van der Waals surface area contributed by atoms with Gasteiger partial charge in [0.15, 0.2) is 11.2 Å². The van der Waals surface area contributed by atoms with Crippen LogP contribution in [-0.2, 0) is 17.9 Å². The van der Waals surface area contributed by atoms with Crippen molar-refractivity contribution in [3.05, 3.63) is 88.5 Å². The minimum absolute atomic E-state index is 0.0780. The highest BCUT2D eigenvalue weighted by Gasteiger charge is 2.32. The molecule has 2 aliphatic rings. The van der Waals surface area contributed by atoms with Crippen LogP contribution in [-0.4, -0.2) is 88.2 Å². The van der Waals surface area contributed by atoms with E-state index >= 15 is 0 Å². The summed E-state index contributed by atoms with van der Waals surface area (Å²) in [5.41, 5.74) is 8.89. The van der Waals surface area contributed by atoms with Crippen LogP contribution in [0.4, 0.5) is 8.78 Å². The van der Waals surface area contributed by atoms with Crippen LogP contribution in [0.5, 0.6) is 5.75 Å². The quantitative estimate of drug-likeness (QED) is 0.139. The number of ether oxygens (including phenoxy) is 1. The number of oxazole rings is 2. The smallest absolute Gasteiger partial charge is 0.387 e. The SMILES string of the molecule is Cc1c(-c2nc3cc(CN4CCC[C@H]4C(=O)O)c(OC(F)F)cc3o2)cccc1-c1cccc(-c2nc3cc(CN4CC(N(C)C)C4)cc(C#N)c3o2)c1C. The molecule has 6 aromatic rings. The van der Waals surface area contributed by atoms with Crippen LogP contribution in [0.25, 0.3) is 56.2 Å². The van der Waals surface area contributed by atoms with Crippen molar-refractivity contribution in [1.82, 2.24) is 24.7 Å². The summed E-state index contributed by atoms with van der Waals surface area (Å²) < 4.78 is 44.4. The molecule has 2 saturated heterocycles. The number of nitrogens with zero attached hydrogens (tertiary/aromatic N) is 6. The molecule has 8 rings (SSSR count). The van der Waals surface area contributed by atoms with Crippen molar-refractivity contribution >= 4 is 28.2 Å². The molecular weight excluding hydrogens is 706 g/mol. The van der Waals surface area contributed by atoms with Crippen molar-refractivity contribution < 1.29 is 32.3 Å². The van der Waals surface area contributed by atoms with Crippen LogP contribution < -0.4 is 4.74 Å². The third-order valence-corrected chi connectivity index (χ3v) is 11.0. The van der Waals surface area contributed by atoms with Gasteiger partial charge in [-0.1, -0.05) is 24.3 Å². The highest BCUT2D eigenvalue weighted by Crippen LogP contribution is 2.39. The van der Waals surface area contributed by atoms with Crippen LogP contribution in [0.15, 0.2) is 69.5 Å². The van der Waals surface area contributed by atoms with E-state index < -0.39 is 18.6 Å². The first-order valence-electron chi connectivity index (χ1n) is 18.2. The van der Waals surface area contributed by atoms with E-state index in [0.29, 0.717) is 70.5 Å². The van der Waals surface area contributed by atoms with Gasteiger partial charge in [-0.05, 0) is 105 Å². The molecule has 1 N–H and O–H groups in total. The molecule has 11 nitrogen and oxygen atoms in total. The van der Waals surface area contributed by atoms with E-state index in [1.165, 1.54) is 6.07 Å². The Kier molecular flexibility index (Phi) is 9.58. The zero-order valence-corrected chi connectivity index (χ0v) is 31.0. The van der Waals surface area contributed by atoms with Crippen molar-refractivity contribution in [2.75, 3.05) is 33.7 Å². The zero-order chi connectivity index (χ0) is 38.5. The number of halogens is 2. The lowest BCUT2D eigenvalue weighted by atomic mass is 9.91. The summed E-state index contributed by atoms with van der Waals surface area (Å²) in [4.78, 5) is 27.8. The fourth-order valence-electron chi connectivity index (χ4n) is 7.91. The van der Waals surface area contributed by atoms with E-state index in [1.54, 1.807) is 11.0 Å². The second-order valence-corrected chi connectivity index (χ2v) is 14.7. The van der Waals surface area contributed by atoms with E-state index in [9.17, 15) is 23.9 Å². The van der Waals surface area contributed by atoms with Crippen LogP contribution in [0.1, 0.15) is 40.7 Å². The second-order valence-electron chi connectivity index (χ2n) is 14.7. The number of hydrogen-bond acceptors (Lipinski definition) is 10. The van der Waals surface area contributed by atoms with Crippen LogP contribution in [0.3, 0.4) is 0 Å². The lowest BCUT2D eigenvalue weighted by molar-refractivity contribution is -0.142. The molecule has 1 atom stereocenters. The molecule has 4 heterocycles. The van der Waals surface area contributed by atoms with Crippen molar-refractivity contribution in [1.29, 1.82) is 5.26 Å². The van der Waals surface area contributed by atoms with Crippen molar-refractivity contribution in [2.45, 2.75) is 58.5 Å². The van der Waals surface area contributed by atoms with Crippen molar-refractivity contribution in [3.8, 4) is 45.9 Å². The number of carboxylic acid groups (broad SMARTS) is 1. The third-order valence-electron chi connectivity index (χ3n) is 11.0. The Morgan fingerprint density at radius 2 is 1.62 bits per heavy atom. The average molecular weight is 747 g/mol. The fourth-order valence-corrected chi connectivity index (χ4v) is 7.91. The second kappa shape index (κ2) is 14.5.